The Bertz CT molecular complexity index is 575. The Morgan fingerprint density at radius 1 is 1.30 bits per heavy atom. The number of nitrogens with one attached hydrogen (secondary N) is 3. The van der Waals surface area contributed by atoms with Gasteiger partial charge in [-0.05, 0) is 18.2 Å². The molecule has 1 aromatic carbocycles. The van der Waals surface area contributed by atoms with Crippen molar-refractivity contribution in [2.45, 2.75) is 18.4 Å². The number of hydrogen-bond donors (Lipinski definition) is 3. The predicted octanol–water partition coefficient (Wildman–Crippen LogP) is 1.71. The van der Waals surface area contributed by atoms with Crippen LogP contribution in [-0.4, -0.2) is 43.4 Å². The van der Waals surface area contributed by atoms with E-state index in [0.29, 0.717) is 5.56 Å². The van der Waals surface area contributed by atoms with E-state index in [-0.39, 0.29) is 31.4 Å². The van der Waals surface area contributed by atoms with Gasteiger partial charge < -0.3 is 10.6 Å². The van der Waals surface area contributed by atoms with Gasteiger partial charge in [0.2, 0.25) is 5.91 Å². The number of halogens is 4. The van der Waals surface area contributed by atoms with E-state index < -0.39 is 30.8 Å². The van der Waals surface area contributed by atoms with E-state index in [1.807, 2.05) is 0 Å². The van der Waals surface area contributed by atoms with Crippen molar-refractivity contribution in [3.05, 3.63) is 34.3 Å². The summed E-state index contributed by atoms with van der Waals surface area (Å²) in [4.78, 5) is 23.5. The topological polar surface area (TPSA) is 70.2 Å². The number of alkyl halides is 2. The number of rotatable bonds is 5. The summed E-state index contributed by atoms with van der Waals surface area (Å²) in [5, 5.41) is 7.64. The van der Waals surface area contributed by atoms with Crippen molar-refractivity contribution < 1.29 is 18.4 Å². The molecule has 128 valence electrons. The highest BCUT2D eigenvalue weighted by Crippen LogP contribution is 2.24. The second-order valence-electron chi connectivity index (χ2n) is 5.05. The molecule has 1 fully saturated rings. The maximum atomic E-state index is 13.0. The van der Waals surface area contributed by atoms with Gasteiger partial charge >= 0.3 is 0 Å². The molecule has 0 spiro atoms. The third-order valence-corrected chi connectivity index (χ3v) is 3.72. The zero-order valence-electron chi connectivity index (χ0n) is 12.1. The summed E-state index contributed by atoms with van der Waals surface area (Å²) >= 11 is 3.27. The summed E-state index contributed by atoms with van der Waals surface area (Å²) in [6.07, 6.45) is -0.497. The van der Waals surface area contributed by atoms with E-state index in [1.54, 1.807) is 24.3 Å². The molecule has 5 nitrogen and oxygen atoms in total. The minimum Gasteiger partial charge on any atom is -0.353 e. The average molecular weight is 413 g/mol. The highest BCUT2D eigenvalue weighted by atomic mass is 79.9. The van der Waals surface area contributed by atoms with E-state index in [2.05, 4.69) is 31.9 Å². The van der Waals surface area contributed by atoms with Crippen LogP contribution in [0.1, 0.15) is 16.8 Å². The van der Waals surface area contributed by atoms with Gasteiger partial charge in [0.05, 0.1) is 12.6 Å². The number of amides is 2. The van der Waals surface area contributed by atoms with Crippen LogP contribution in [0.5, 0.6) is 0 Å². The normalized spacial score (nSPS) is 18.8. The van der Waals surface area contributed by atoms with Crippen LogP contribution >= 0.6 is 28.3 Å². The first-order chi connectivity index (χ1) is 10.4. The van der Waals surface area contributed by atoms with Crippen molar-refractivity contribution in [1.82, 2.24) is 16.0 Å². The molecule has 1 atom stereocenters. The second-order valence-corrected chi connectivity index (χ2v) is 5.97. The molecule has 23 heavy (non-hydrogen) atoms. The van der Waals surface area contributed by atoms with E-state index in [0.717, 1.165) is 4.47 Å². The maximum Gasteiger partial charge on any atom is 0.262 e. The molecule has 0 aromatic heterocycles. The lowest BCUT2D eigenvalue weighted by molar-refractivity contribution is -0.123. The standard InChI is InChI=1S/C14H16BrF2N3O2.ClH/c15-10-3-1-2-9(6-10)12(21)18-4-5-19-13(22)11-7-14(16,17)8-20-11;/h1-3,6,11,20H,4-5,7-8H2,(H,18,21)(H,19,22);1H. The van der Waals surface area contributed by atoms with E-state index in [1.165, 1.54) is 0 Å². The molecule has 1 saturated heterocycles. The molecule has 2 amide bonds. The Hall–Kier alpha value is -1.25. The fourth-order valence-electron chi connectivity index (χ4n) is 2.12. The number of benzene rings is 1. The molecule has 0 radical (unpaired) electrons. The molecule has 1 aliphatic heterocycles. The summed E-state index contributed by atoms with van der Waals surface area (Å²) in [7, 11) is 0. The predicted molar refractivity (Wildman–Crippen MR) is 88.1 cm³/mol. The van der Waals surface area contributed by atoms with Gasteiger partial charge in [-0.3, -0.25) is 14.9 Å². The fraction of sp³-hybridized carbons (Fsp3) is 0.429. The lowest BCUT2D eigenvalue weighted by atomic mass is 10.2. The first-order valence-corrected chi connectivity index (χ1v) is 7.59. The van der Waals surface area contributed by atoms with E-state index >= 15 is 0 Å². The average Bonchev–Trinajstić information content (AvgIpc) is 2.83. The van der Waals surface area contributed by atoms with Gasteiger partial charge in [-0.1, -0.05) is 22.0 Å². The highest BCUT2D eigenvalue weighted by Gasteiger charge is 2.42. The van der Waals surface area contributed by atoms with Crippen LogP contribution in [-0.2, 0) is 4.79 Å². The number of carbonyl (C=O) groups excluding carboxylic acids is 2. The third-order valence-electron chi connectivity index (χ3n) is 3.22. The summed E-state index contributed by atoms with van der Waals surface area (Å²) in [6.45, 7) is -0.0762. The molecule has 0 bridgehead atoms. The van der Waals surface area contributed by atoms with Crippen molar-refractivity contribution in [2.75, 3.05) is 19.6 Å². The molecule has 1 aromatic rings. The van der Waals surface area contributed by atoms with Gasteiger partial charge in [-0.25, -0.2) is 8.78 Å². The highest BCUT2D eigenvalue weighted by molar-refractivity contribution is 9.10. The fourth-order valence-corrected chi connectivity index (χ4v) is 2.52. The van der Waals surface area contributed by atoms with Crippen LogP contribution in [0.4, 0.5) is 8.78 Å². The molecular formula is C14H17BrClF2N3O2. The first kappa shape index (κ1) is 19.8. The smallest absolute Gasteiger partial charge is 0.262 e. The molecule has 0 saturated carbocycles. The van der Waals surface area contributed by atoms with Gasteiger partial charge in [0, 0.05) is 29.5 Å². The van der Waals surface area contributed by atoms with Gasteiger partial charge in [0.15, 0.2) is 0 Å². The molecular weight excluding hydrogens is 396 g/mol. The summed E-state index contributed by atoms with van der Waals surface area (Å²) in [5.74, 6) is -3.58. The maximum absolute atomic E-state index is 13.0. The Morgan fingerprint density at radius 3 is 2.61 bits per heavy atom. The Kier molecular flexibility index (Phi) is 7.37. The largest absolute Gasteiger partial charge is 0.353 e. The van der Waals surface area contributed by atoms with Gasteiger partial charge in [-0.2, -0.15) is 0 Å². The molecule has 1 unspecified atom stereocenters. The Morgan fingerprint density at radius 2 is 2.00 bits per heavy atom. The summed E-state index contributed by atoms with van der Waals surface area (Å²) < 4.78 is 26.7. The number of carbonyl (C=O) groups is 2. The molecule has 3 N–H and O–H groups in total. The van der Waals surface area contributed by atoms with E-state index in [9.17, 15) is 18.4 Å². The molecule has 9 heteroatoms. The van der Waals surface area contributed by atoms with Crippen LogP contribution in [0, 0.1) is 0 Å². The second kappa shape index (κ2) is 8.56. The lowest BCUT2D eigenvalue weighted by Gasteiger charge is -2.11. The lowest BCUT2D eigenvalue weighted by Crippen LogP contribution is -2.43. The van der Waals surface area contributed by atoms with Crippen molar-refractivity contribution in [2.24, 2.45) is 0 Å². The zero-order valence-corrected chi connectivity index (χ0v) is 14.5. The SMILES string of the molecule is Cl.O=C(NCCNC(=O)C1CC(F)(F)CN1)c1cccc(Br)c1. The molecule has 1 heterocycles. The summed E-state index contributed by atoms with van der Waals surface area (Å²) in [5.41, 5.74) is 0.498. The van der Waals surface area contributed by atoms with Crippen molar-refractivity contribution in [1.29, 1.82) is 0 Å². The van der Waals surface area contributed by atoms with Crippen LogP contribution in [0.3, 0.4) is 0 Å². The van der Waals surface area contributed by atoms with Crippen LogP contribution < -0.4 is 16.0 Å². The van der Waals surface area contributed by atoms with Crippen molar-refractivity contribution >= 4 is 40.2 Å². The minimum absolute atomic E-state index is 0. The van der Waals surface area contributed by atoms with Crippen LogP contribution in [0.2, 0.25) is 0 Å². The first-order valence-electron chi connectivity index (χ1n) is 6.80. The Balaban J connectivity index is 0.00000264. The third kappa shape index (κ3) is 6.04. The van der Waals surface area contributed by atoms with Crippen molar-refractivity contribution in [3.8, 4) is 0 Å². The molecule has 1 aliphatic rings. The molecule has 0 aliphatic carbocycles. The number of hydrogen-bond acceptors (Lipinski definition) is 3. The van der Waals surface area contributed by atoms with Crippen LogP contribution in [0.25, 0.3) is 0 Å². The van der Waals surface area contributed by atoms with E-state index in [4.69, 9.17) is 0 Å². The van der Waals surface area contributed by atoms with Crippen molar-refractivity contribution in [3.63, 3.8) is 0 Å². The quantitative estimate of drug-likeness (QED) is 0.645. The van der Waals surface area contributed by atoms with Gasteiger partial charge in [-0.15, -0.1) is 12.4 Å². The summed E-state index contributed by atoms with van der Waals surface area (Å²) in [6, 6.07) is 6.02. The zero-order chi connectivity index (χ0) is 16.2. The van der Waals surface area contributed by atoms with Gasteiger partial charge in [0.1, 0.15) is 0 Å². The monoisotopic (exact) mass is 411 g/mol. The Labute approximate surface area is 147 Å². The van der Waals surface area contributed by atoms with Gasteiger partial charge in [0.25, 0.3) is 11.8 Å². The van der Waals surface area contributed by atoms with Crippen LogP contribution in [0.15, 0.2) is 28.7 Å². The molecule has 2 rings (SSSR count). The minimum atomic E-state index is -2.84.